The van der Waals surface area contributed by atoms with Crippen LogP contribution in [0, 0.1) is 20.2 Å². The lowest BCUT2D eigenvalue weighted by molar-refractivity contribution is -0.385. The molecule has 0 heterocycles. The standard InChI is InChI=1S/C34H24N2O10/c37-33(43-21-23-1-13-29(14-2-23)45-31-17-9-27(10-18-31)35(39)40)25-5-7-26(8-6-25)34(38)44-22-24-3-15-30(16-4-24)46-32-19-11-28(12-20-32)36(41)42/h1-20H,21-22H2. The predicted octanol–water partition coefficient (Wildman–Crippen LogP) is 7.80. The van der Waals surface area contributed by atoms with Crippen LogP contribution in [0.15, 0.2) is 121 Å². The maximum atomic E-state index is 12.5. The number of nitro groups is 2. The fourth-order valence-corrected chi connectivity index (χ4v) is 4.06. The van der Waals surface area contributed by atoms with Gasteiger partial charge in [-0.05, 0) is 83.9 Å². The van der Waals surface area contributed by atoms with Gasteiger partial charge in [0, 0.05) is 24.3 Å². The SMILES string of the molecule is O=C(OCc1ccc(Oc2ccc([N+](=O)[O-])cc2)cc1)c1ccc(C(=O)OCc2ccc(Oc3ccc([N+](=O)[O-])cc3)cc2)cc1. The number of carbonyl (C=O) groups is 2. The van der Waals surface area contributed by atoms with Gasteiger partial charge in [-0.2, -0.15) is 0 Å². The molecule has 0 amide bonds. The van der Waals surface area contributed by atoms with Crippen molar-refractivity contribution in [3.8, 4) is 23.0 Å². The first-order chi connectivity index (χ1) is 22.2. The van der Waals surface area contributed by atoms with Crippen molar-refractivity contribution in [3.05, 3.63) is 164 Å². The summed E-state index contributed by atoms with van der Waals surface area (Å²) < 4.78 is 22.1. The zero-order valence-corrected chi connectivity index (χ0v) is 23.9. The molecule has 0 unspecified atom stereocenters. The number of hydrogen-bond donors (Lipinski definition) is 0. The molecule has 5 aromatic carbocycles. The molecule has 230 valence electrons. The summed E-state index contributed by atoms with van der Waals surface area (Å²) in [5.41, 5.74) is 1.89. The van der Waals surface area contributed by atoms with Crippen molar-refractivity contribution in [2.24, 2.45) is 0 Å². The first-order valence-corrected chi connectivity index (χ1v) is 13.7. The highest BCUT2D eigenvalue weighted by Crippen LogP contribution is 2.26. The molecule has 12 nitrogen and oxygen atoms in total. The Morgan fingerprint density at radius 1 is 0.457 bits per heavy atom. The molecule has 0 spiro atoms. The Bertz CT molecular complexity index is 1700. The third kappa shape index (κ3) is 8.29. The number of carbonyl (C=O) groups excluding carboxylic acids is 2. The largest absolute Gasteiger partial charge is 0.457 e. The minimum atomic E-state index is -0.567. The van der Waals surface area contributed by atoms with E-state index in [0.29, 0.717) is 23.0 Å². The van der Waals surface area contributed by atoms with Crippen LogP contribution in [0.2, 0.25) is 0 Å². The number of esters is 2. The number of nitro benzene ring substituents is 2. The molecule has 5 aromatic rings. The van der Waals surface area contributed by atoms with E-state index < -0.39 is 21.8 Å². The second-order valence-electron chi connectivity index (χ2n) is 9.72. The van der Waals surface area contributed by atoms with Gasteiger partial charge in [0.15, 0.2) is 0 Å². The topological polar surface area (TPSA) is 157 Å². The molecule has 0 bridgehead atoms. The fraction of sp³-hybridized carbons (Fsp3) is 0.0588. The van der Waals surface area contributed by atoms with E-state index in [1.54, 1.807) is 48.5 Å². The van der Waals surface area contributed by atoms with Crippen LogP contribution in [0.3, 0.4) is 0 Å². The van der Waals surface area contributed by atoms with Crippen LogP contribution >= 0.6 is 0 Å². The lowest BCUT2D eigenvalue weighted by atomic mass is 10.1. The Morgan fingerprint density at radius 2 is 0.739 bits per heavy atom. The van der Waals surface area contributed by atoms with Gasteiger partial charge in [0.05, 0.1) is 21.0 Å². The summed E-state index contributed by atoms with van der Waals surface area (Å²) in [6, 6.07) is 31.0. The van der Waals surface area contributed by atoms with E-state index in [1.807, 2.05) is 0 Å². The number of nitrogens with zero attached hydrogens (tertiary/aromatic N) is 2. The van der Waals surface area contributed by atoms with E-state index in [0.717, 1.165) is 11.1 Å². The molecule has 0 saturated carbocycles. The van der Waals surface area contributed by atoms with Gasteiger partial charge in [0.25, 0.3) is 11.4 Å². The van der Waals surface area contributed by atoms with Crippen molar-refractivity contribution < 1.29 is 38.4 Å². The van der Waals surface area contributed by atoms with Gasteiger partial charge >= 0.3 is 11.9 Å². The van der Waals surface area contributed by atoms with E-state index in [9.17, 15) is 29.8 Å². The summed E-state index contributed by atoms with van der Waals surface area (Å²) in [7, 11) is 0. The molecule has 5 rings (SSSR count). The number of rotatable bonds is 12. The van der Waals surface area contributed by atoms with Crippen molar-refractivity contribution in [1.29, 1.82) is 0 Å². The van der Waals surface area contributed by atoms with Crippen molar-refractivity contribution in [3.63, 3.8) is 0 Å². The third-order valence-electron chi connectivity index (χ3n) is 6.51. The molecule has 0 aromatic heterocycles. The van der Waals surface area contributed by atoms with E-state index in [1.165, 1.54) is 72.8 Å². The van der Waals surface area contributed by atoms with Crippen molar-refractivity contribution in [2.45, 2.75) is 13.2 Å². The summed E-state index contributed by atoms with van der Waals surface area (Å²) >= 11 is 0. The molecule has 0 aliphatic heterocycles. The quantitative estimate of drug-likeness (QED) is 0.0765. The number of ether oxygens (including phenoxy) is 4. The van der Waals surface area contributed by atoms with Gasteiger partial charge in [0.1, 0.15) is 36.2 Å². The van der Waals surface area contributed by atoms with Gasteiger partial charge < -0.3 is 18.9 Å². The molecule has 0 aliphatic carbocycles. The lowest BCUT2D eigenvalue weighted by Crippen LogP contribution is -2.08. The highest BCUT2D eigenvalue weighted by Gasteiger charge is 2.12. The Morgan fingerprint density at radius 3 is 1.02 bits per heavy atom. The molecule has 0 radical (unpaired) electrons. The molecular formula is C34H24N2O10. The first-order valence-electron chi connectivity index (χ1n) is 13.7. The highest BCUT2D eigenvalue weighted by atomic mass is 16.6. The minimum absolute atomic E-state index is 0.0120. The van der Waals surface area contributed by atoms with E-state index in [2.05, 4.69) is 0 Å². The average Bonchev–Trinajstić information content (AvgIpc) is 3.08. The zero-order chi connectivity index (χ0) is 32.5. The molecule has 0 saturated heterocycles. The van der Waals surface area contributed by atoms with Crippen LogP contribution in [0.4, 0.5) is 11.4 Å². The van der Waals surface area contributed by atoms with Crippen molar-refractivity contribution >= 4 is 23.3 Å². The molecule has 0 atom stereocenters. The Balaban J connectivity index is 1.06. The molecule has 12 heteroatoms. The van der Waals surface area contributed by atoms with Gasteiger partial charge in [-0.3, -0.25) is 20.2 Å². The molecule has 46 heavy (non-hydrogen) atoms. The highest BCUT2D eigenvalue weighted by molar-refractivity contribution is 5.93. The Kier molecular flexibility index (Phi) is 9.58. The van der Waals surface area contributed by atoms with Gasteiger partial charge in [-0.25, -0.2) is 9.59 Å². The monoisotopic (exact) mass is 620 g/mol. The minimum Gasteiger partial charge on any atom is -0.457 e. The summed E-state index contributed by atoms with van der Waals surface area (Å²) in [4.78, 5) is 45.6. The van der Waals surface area contributed by atoms with Crippen LogP contribution in [0.1, 0.15) is 31.8 Å². The zero-order valence-electron chi connectivity index (χ0n) is 23.9. The van der Waals surface area contributed by atoms with E-state index in [-0.39, 0.29) is 35.7 Å². The second kappa shape index (κ2) is 14.3. The molecule has 0 aliphatic rings. The molecule has 0 fully saturated rings. The maximum Gasteiger partial charge on any atom is 0.338 e. The Hall–Kier alpha value is -6.56. The Labute approximate surface area is 261 Å². The fourth-order valence-electron chi connectivity index (χ4n) is 4.06. The third-order valence-corrected chi connectivity index (χ3v) is 6.51. The predicted molar refractivity (Wildman–Crippen MR) is 164 cm³/mol. The summed E-state index contributed by atoms with van der Waals surface area (Å²) in [5, 5.41) is 21.6. The molecule has 0 N–H and O–H groups in total. The van der Waals surface area contributed by atoms with Crippen LogP contribution < -0.4 is 9.47 Å². The van der Waals surface area contributed by atoms with Crippen LogP contribution in [0.5, 0.6) is 23.0 Å². The maximum absolute atomic E-state index is 12.5. The smallest absolute Gasteiger partial charge is 0.338 e. The van der Waals surface area contributed by atoms with Crippen molar-refractivity contribution in [1.82, 2.24) is 0 Å². The average molecular weight is 621 g/mol. The lowest BCUT2D eigenvalue weighted by Gasteiger charge is -2.09. The molecular weight excluding hydrogens is 596 g/mol. The van der Waals surface area contributed by atoms with Crippen molar-refractivity contribution in [2.75, 3.05) is 0 Å². The van der Waals surface area contributed by atoms with Gasteiger partial charge in [-0.1, -0.05) is 24.3 Å². The van der Waals surface area contributed by atoms with Crippen LogP contribution in [0.25, 0.3) is 0 Å². The summed E-state index contributed by atoms with van der Waals surface area (Å²) in [5.74, 6) is 0.776. The second-order valence-corrected chi connectivity index (χ2v) is 9.72. The van der Waals surface area contributed by atoms with Gasteiger partial charge in [-0.15, -0.1) is 0 Å². The van der Waals surface area contributed by atoms with Crippen LogP contribution in [-0.4, -0.2) is 21.8 Å². The first kappa shape index (κ1) is 30.9. The van der Waals surface area contributed by atoms with Crippen LogP contribution in [-0.2, 0) is 22.7 Å². The number of non-ortho nitro benzene ring substituents is 2. The summed E-state index contributed by atoms with van der Waals surface area (Å²) in [6.07, 6.45) is 0. The van der Waals surface area contributed by atoms with Gasteiger partial charge in [0.2, 0.25) is 0 Å². The van der Waals surface area contributed by atoms with E-state index in [4.69, 9.17) is 18.9 Å². The number of benzene rings is 5. The summed E-state index contributed by atoms with van der Waals surface area (Å²) in [6.45, 7) is 0.0241. The van der Waals surface area contributed by atoms with E-state index >= 15 is 0 Å². The normalized spacial score (nSPS) is 10.4. The number of hydrogen-bond acceptors (Lipinski definition) is 10.